The van der Waals surface area contributed by atoms with E-state index in [9.17, 15) is 13.2 Å². The number of rotatable bonds is 7. The summed E-state index contributed by atoms with van der Waals surface area (Å²) < 4.78 is 38.0. The SMILES string of the molecule is Cc1noc(C)c1S(=O)(=O)N[C@@H](C)C(=O)N1CCN(Cc2nc(-c3cccs3)no2)CC1. The third kappa shape index (κ3) is 4.75. The molecule has 13 heteroatoms. The molecule has 1 amide bonds. The van der Waals surface area contributed by atoms with Gasteiger partial charge in [-0.15, -0.1) is 11.3 Å². The maximum Gasteiger partial charge on any atom is 0.246 e. The summed E-state index contributed by atoms with van der Waals surface area (Å²) in [5.74, 6) is 1.00. The number of aryl methyl sites for hydroxylation is 2. The van der Waals surface area contributed by atoms with Crippen molar-refractivity contribution in [2.24, 2.45) is 0 Å². The fourth-order valence-electron chi connectivity index (χ4n) is 3.62. The van der Waals surface area contributed by atoms with Crippen molar-refractivity contribution in [3.8, 4) is 10.7 Å². The van der Waals surface area contributed by atoms with Gasteiger partial charge in [0.25, 0.3) is 0 Å². The Morgan fingerprint density at radius 1 is 1.22 bits per heavy atom. The summed E-state index contributed by atoms with van der Waals surface area (Å²) in [5.41, 5.74) is 0.256. The van der Waals surface area contributed by atoms with Crippen molar-refractivity contribution >= 4 is 27.3 Å². The Labute approximate surface area is 189 Å². The maximum atomic E-state index is 12.8. The van der Waals surface area contributed by atoms with Crippen LogP contribution in [-0.4, -0.2) is 71.6 Å². The van der Waals surface area contributed by atoms with Crippen LogP contribution in [0.3, 0.4) is 0 Å². The zero-order chi connectivity index (χ0) is 22.9. The van der Waals surface area contributed by atoms with Gasteiger partial charge in [-0.25, -0.2) is 8.42 Å². The van der Waals surface area contributed by atoms with E-state index in [0.29, 0.717) is 44.4 Å². The zero-order valence-corrected chi connectivity index (χ0v) is 19.6. The van der Waals surface area contributed by atoms with E-state index in [-0.39, 0.29) is 22.3 Å². The number of nitrogens with one attached hydrogen (secondary N) is 1. The molecule has 1 saturated heterocycles. The van der Waals surface area contributed by atoms with Crippen LogP contribution >= 0.6 is 11.3 Å². The number of aromatic nitrogens is 3. The topological polar surface area (TPSA) is 135 Å². The Bertz CT molecular complexity index is 1160. The lowest BCUT2D eigenvalue weighted by molar-refractivity contribution is -0.134. The first-order chi connectivity index (χ1) is 15.2. The summed E-state index contributed by atoms with van der Waals surface area (Å²) >= 11 is 1.55. The van der Waals surface area contributed by atoms with Gasteiger partial charge in [0.05, 0.1) is 17.5 Å². The number of amides is 1. The van der Waals surface area contributed by atoms with Crippen LogP contribution in [0.25, 0.3) is 10.7 Å². The maximum absolute atomic E-state index is 12.8. The second-order valence-electron chi connectivity index (χ2n) is 7.59. The number of carbonyl (C=O) groups excluding carboxylic acids is 1. The van der Waals surface area contributed by atoms with Crippen molar-refractivity contribution in [2.75, 3.05) is 26.2 Å². The molecule has 32 heavy (non-hydrogen) atoms. The molecule has 0 aromatic carbocycles. The lowest BCUT2D eigenvalue weighted by Crippen LogP contribution is -2.53. The lowest BCUT2D eigenvalue weighted by Gasteiger charge is -2.35. The second-order valence-corrected chi connectivity index (χ2v) is 10.2. The lowest BCUT2D eigenvalue weighted by atomic mass is 10.2. The molecule has 1 atom stereocenters. The molecule has 1 aliphatic heterocycles. The van der Waals surface area contributed by atoms with Gasteiger partial charge < -0.3 is 13.9 Å². The highest BCUT2D eigenvalue weighted by Crippen LogP contribution is 2.22. The van der Waals surface area contributed by atoms with E-state index in [1.165, 1.54) is 13.8 Å². The standard InChI is InChI=1S/C19H24N6O5S2/c1-12-17(14(3)29-21-12)32(27,28)23-13(2)19(26)25-8-6-24(7-9-25)11-16-20-18(22-30-16)15-5-4-10-31-15/h4-5,10,13,23H,6-9,11H2,1-3H3/t13-/m0/s1. The highest BCUT2D eigenvalue weighted by molar-refractivity contribution is 7.89. The van der Waals surface area contributed by atoms with Crippen LogP contribution in [-0.2, 0) is 21.4 Å². The van der Waals surface area contributed by atoms with Crippen LogP contribution in [0.4, 0.5) is 0 Å². The van der Waals surface area contributed by atoms with Gasteiger partial charge in [0.1, 0.15) is 10.6 Å². The zero-order valence-electron chi connectivity index (χ0n) is 17.9. The molecule has 1 fully saturated rings. The van der Waals surface area contributed by atoms with Crippen molar-refractivity contribution < 1.29 is 22.3 Å². The van der Waals surface area contributed by atoms with Crippen molar-refractivity contribution in [1.82, 2.24) is 29.8 Å². The fourth-order valence-corrected chi connectivity index (χ4v) is 5.79. The van der Waals surface area contributed by atoms with E-state index in [0.717, 1.165) is 4.88 Å². The van der Waals surface area contributed by atoms with Crippen LogP contribution < -0.4 is 4.72 Å². The number of piperazine rings is 1. The molecule has 0 radical (unpaired) electrons. The van der Waals surface area contributed by atoms with Gasteiger partial charge in [-0.2, -0.15) is 9.71 Å². The van der Waals surface area contributed by atoms with Crippen LogP contribution in [0.5, 0.6) is 0 Å². The third-order valence-electron chi connectivity index (χ3n) is 5.19. The largest absolute Gasteiger partial charge is 0.360 e. The number of thiophene rings is 1. The minimum atomic E-state index is -3.92. The molecule has 0 unspecified atom stereocenters. The molecule has 0 saturated carbocycles. The normalized spacial score (nSPS) is 16.4. The van der Waals surface area contributed by atoms with Crippen LogP contribution in [0, 0.1) is 13.8 Å². The molecule has 172 valence electrons. The molecular weight excluding hydrogens is 456 g/mol. The van der Waals surface area contributed by atoms with E-state index >= 15 is 0 Å². The Morgan fingerprint density at radius 2 is 1.97 bits per heavy atom. The number of nitrogens with zero attached hydrogens (tertiary/aromatic N) is 5. The molecule has 1 N–H and O–H groups in total. The first kappa shape index (κ1) is 22.6. The molecule has 4 rings (SSSR count). The van der Waals surface area contributed by atoms with Crippen molar-refractivity contribution in [3.05, 3.63) is 34.9 Å². The molecule has 0 spiro atoms. The number of carbonyl (C=O) groups is 1. The highest BCUT2D eigenvalue weighted by Gasteiger charge is 2.31. The summed E-state index contributed by atoms with van der Waals surface area (Å²) in [6, 6.07) is 2.96. The van der Waals surface area contributed by atoms with E-state index in [1.807, 2.05) is 17.5 Å². The molecule has 0 aliphatic carbocycles. The van der Waals surface area contributed by atoms with E-state index in [1.54, 1.807) is 23.2 Å². The van der Waals surface area contributed by atoms with Crippen molar-refractivity contribution in [1.29, 1.82) is 0 Å². The van der Waals surface area contributed by atoms with Crippen LogP contribution in [0.1, 0.15) is 24.3 Å². The van der Waals surface area contributed by atoms with Gasteiger partial charge in [0.15, 0.2) is 5.76 Å². The van der Waals surface area contributed by atoms with Gasteiger partial charge in [0, 0.05) is 26.2 Å². The highest BCUT2D eigenvalue weighted by atomic mass is 32.2. The fraction of sp³-hybridized carbons (Fsp3) is 0.474. The number of hydrogen-bond donors (Lipinski definition) is 1. The Kier molecular flexibility index (Phi) is 6.42. The number of hydrogen-bond acceptors (Lipinski definition) is 10. The molecule has 0 bridgehead atoms. The molecule has 1 aliphatic rings. The Morgan fingerprint density at radius 3 is 2.59 bits per heavy atom. The van der Waals surface area contributed by atoms with Gasteiger partial charge in [-0.1, -0.05) is 16.4 Å². The first-order valence-electron chi connectivity index (χ1n) is 10.1. The minimum absolute atomic E-state index is 0.0246. The van der Waals surface area contributed by atoms with E-state index in [2.05, 4.69) is 24.9 Å². The summed E-state index contributed by atoms with van der Waals surface area (Å²) in [5, 5.41) is 9.64. The summed E-state index contributed by atoms with van der Waals surface area (Å²) in [6.45, 7) is 7.28. The molecule has 3 aromatic rings. The predicted molar refractivity (Wildman–Crippen MR) is 115 cm³/mol. The third-order valence-corrected chi connectivity index (χ3v) is 7.84. The Hall–Kier alpha value is -2.61. The van der Waals surface area contributed by atoms with Crippen molar-refractivity contribution in [3.63, 3.8) is 0 Å². The summed E-state index contributed by atoms with van der Waals surface area (Å²) in [6.07, 6.45) is 0. The molecular formula is C19H24N6O5S2. The van der Waals surface area contributed by atoms with Crippen LogP contribution in [0.15, 0.2) is 31.5 Å². The van der Waals surface area contributed by atoms with Gasteiger partial charge in [-0.3, -0.25) is 9.69 Å². The van der Waals surface area contributed by atoms with E-state index in [4.69, 9.17) is 9.05 Å². The van der Waals surface area contributed by atoms with Gasteiger partial charge in [0.2, 0.25) is 27.6 Å². The van der Waals surface area contributed by atoms with Gasteiger partial charge >= 0.3 is 0 Å². The summed E-state index contributed by atoms with van der Waals surface area (Å²) in [7, 11) is -3.92. The molecule has 11 nitrogen and oxygen atoms in total. The molecule has 4 heterocycles. The average Bonchev–Trinajstić information content (AvgIpc) is 3.49. The van der Waals surface area contributed by atoms with Crippen LogP contribution in [0.2, 0.25) is 0 Å². The second kappa shape index (κ2) is 9.10. The van der Waals surface area contributed by atoms with Gasteiger partial charge in [-0.05, 0) is 32.2 Å². The Balaban J connectivity index is 1.30. The van der Waals surface area contributed by atoms with Crippen molar-refractivity contribution in [2.45, 2.75) is 38.3 Å². The minimum Gasteiger partial charge on any atom is -0.360 e. The number of sulfonamides is 1. The molecule has 3 aromatic heterocycles. The van der Waals surface area contributed by atoms with E-state index < -0.39 is 16.1 Å². The quantitative estimate of drug-likeness (QED) is 0.532. The average molecular weight is 481 g/mol. The monoisotopic (exact) mass is 480 g/mol. The predicted octanol–water partition coefficient (Wildman–Crippen LogP) is 1.41. The summed E-state index contributed by atoms with van der Waals surface area (Å²) in [4.78, 5) is 21.9. The smallest absolute Gasteiger partial charge is 0.246 e. The first-order valence-corrected chi connectivity index (χ1v) is 12.4.